The summed E-state index contributed by atoms with van der Waals surface area (Å²) in [5, 5.41) is 2.40. The van der Waals surface area contributed by atoms with E-state index in [4.69, 9.17) is 4.74 Å². The molecule has 0 saturated carbocycles. The van der Waals surface area contributed by atoms with Crippen LogP contribution in [0, 0.1) is 6.92 Å². The molecule has 0 spiro atoms. The molecule has 1 N–H and O–H groups in total. The Morgan fingerprint density at radius 1 is 1.43 bits per heavy atom. The van der Waals surface area contributed by atoms with Gasteiger partial charge in [-0.3, -0.25) is 9.69 Å². The predicted octanol–water partition coefficient (Wildman–Crippen LogP) is 1.68. The van der Waals surface area contributed by atoms with Crippen molar-refractivity contribution in [3.8, 4) is 0 Å². The van der Waals surface area contributed by atoms with Crippen molar-refractivity contribution < 1.29 is 22.7 Å². The lowest BCUT2D eigenvalue weighted by Crippen LogP contribution is -2.41. The Hall–Kier alpha value is -1.67. The molecule has 21 heavy (non-hydrogen) atoms. The van der Waals surface area contributed by atoms with Gasteiger partial charge in [0.2, 0.25) is 5.91 Å². The van der Waals surface area contributed by atoms with Crippen molar-refractivity contribution in [3.05, 3.63) is 23.4 Å². The van der Waals surface area contributed by atoms with E-state index in [1.807, 2.05) is 4.90 Å². The zero-order chi connectivity index (χ0) is 15.5. The summed E-state index contributed by atoms with van der Waals surface area (Å²) in [5.74, 6) is -0.479. The van der Waals surface area contributed by atoms with Gasteiger partial charge in [0, 0.05) is 19.3 Å². The van der Waals surface area contributed by atoms with Gasteiger partial charge in [0.05, 0.1) is 25.3 Å². The summed E-state index contributed by atoms with van der Waals surface area (Å²) in [5.41, 5.74) is -0.771. The van der Waals surface area contributed by atoms with E-state index < -0.39 is 11.7 Å². The van der Waals surface area contributed by atoms with E-state index in [9.17, 15) is 18.0 Å². The lowest BCUT2D eigenvalue weighted by molar-refractivity contribution is -0.138. The summed E-state index contributed by atoms with van der Waals surface area (Å²) in [6, 6.07) is 0.854. The third-order valence-electron chi connectivity index (χ3n) is 3.15. The minimum Gasteiger partial charge on any atom is -0.379 e. The maximum Gasteiger partial charge on any atom is 0.416 e. The monoisotopic (exact) mass is 303 g/mol. The standard InChI is InChI=1S/C13H16F3N3O2/c1-9-7-17-11(6-10(9)13(14,15)16)18-12(20)8-19-2-4-21-5-3-19/h6-7H,2-5,8H2,1H3,(H,17,18,20). The molecule has 2 rings (SSSR count). The molecule has 1 fully saturated rings. The highest BCUT2D eigenvalue weighted by Crippen LogP contribution is 2.32. The number of rotatable bonds is 3. The number of aryl methyl sites for hydroxylation is 1. The Labute approximate surface area is 120 Å². The van der Waals surface area contributed by atoms with E-state index in [0.717, 1.165) is 12.3 Å². The quantitative estimate of drug-likeness (QED) is 0.923. The summed E-state index contributed by atoms with van der Waals surface area (Å²) in [6.07, 6.45) is -3.36. The smallest absolute Gasteiger partial charge is 0.379 e. The first kappa shape index (κ1) is 15.7. The van der Waals surface area contributed by atoms with Gasteiger partial charge in [0.25, 0.3) is 0 Å². The molecule has 0 bridgehead atoms. The fraction of sp³-hybridized carbons (Fsp3) is 0.538. The van der Waals surface area contributed by atoms with Crippen LogP contribution in [-0.4, -0.2) is 48.6 Å². The molecule has 0 aliphatic carbocycles. The molecule has 1 saturated heterocycles. The van der Waals surface area contributed by atoms with Gasteiger partial charge < -0.3 is 10.1 Å². The molecule has 1 aromatic rings. The highest BCUT2D eigenvalue weighted by Gasteiger charge is 2.33. The van der Waals surface area contributed by atoms with Gasteiger partial charge in [0.15, 0.2) is 0 Å². The van der Waals surface area contributed by atoms with Gasteiger partial charge in [-0.15, -0.1) is 0 Å². The minimum atomic E-state index is -4.46. The molecule has 1 aliphatic rings. The number of aromatic nitrogens is 1. The Morgan fingerprint density at radius 3 is 2.71 bits per heavy atom. The fourth-order valence-electron chi connectivity index (χ4n) is 2.04. The molecule has 2 heterocycles. The highest BCUT2D eigenvalue weighted by molar-refractivity contribution is 5.91. The van der Waals surface area contributed by atoms with Crippen LogP contribution < -0.4 is 5.32 Å². The third kappa shape index (κ3) is 4.40. The molecule has 1 aliphatic heterocycles. The maximum absolute atomic E-state index is 12.8. The molecule has 1 amide bonds. The summed E-state index contributed by atoms with van der Waals surface area (Å²) < 4.78 is 43.5. The van der Waals surface area contributed by atoms with Gasteiger partial charge in [0.1, 0.15) is 5.82 Å². The second-order valence-corrected chi connectivity index (χ2v) is 4.82. The Bertz CT molecular complexity index is 514. The second kappa shape index (κ2) is 6.40. The summed E-state index contributed by atoms with van der Waals surface area (Å²) >= 11 is 0. The van der Waals surface area contributed by atoms with E-state index in [2.05, 4.69) is 10.3 Å². The van der Waals surface area contributed by atoms with Crippen molar-refractivity contribution in [1.82, 2.24) is 9.88 Å². The molecule has 0 atom stereocenters. The number of anilines is 1. The number of ether oxygens (including phenoxy) is 1. The molecule has 8 heteroatoms. The first-order valence-electron chi connectivity index (χ1n) is 6.50. The van der Waals surface area contributed by atoms with Crippen molar-refractivity contribution in [2.75, 3.05) is 38.2 Å². The van der Waals surface area contributed by atoms with Crippen LogP contribution in [0.25, 0.3) is 0 Å². The van der Waals surface area contributed by atoms with E-state index in [1.54, 1.807) is 0 Å². The zero-order valence-electron chi connectivity index (χ0n) is 11.5. The van der Waals surface area contributed by atoms with E-state index in [1.165, 1.54) is 6.92 Å². The van der Waals surface area contributed by atoms with E-state index >= 15 is 0 Å². The maximum atomic E-state index is 12.8. The molecule has 0 aromatic carbocycles. The Morgan fingerprint density at radius 2 is 2.10 bits per heavy atom. The average molecular weight is 303 g/mol. The van der Waals surface area contributed by atoms with Gasteiger partial charge >= 0.3 is 6.18 Å². The highest BCUT2D eigenvalue weighted by atomic mass is 19.4. The number of morpholine rings is 1. The number of amides is 1. The first-order valence-corrected chi connectivity index (χ1v) is 6.50. The van der Waals surface area contributed by atoms with Crippen molar-refractivity contribution in [1.29, 1.82) is 0 Å². The molecule has 0 radical (unpaired) electrons. The van der Waals surface area contributed by atoms with Crippen LogP contribution in [0.15, 0.2) is 12.3 Å². The Kier molecular flexibility index (Phi) is 4.79. The molecule has 1 aromatic heterocycles. The normalized spacial score (nSPS) is 16.8. The third-order valence-corrected chi connectivity index (χ3v) is 3.15. The van der Waals surface area contributed by atoms with Crippen molar-refractivity contribution in [3.63, 3.8) is 0 Å². The van der Waals surface area contributed by atoms with Gasteiger partial charge in [-0.05, 0) is 18.6 Å². The van der Waals surface area contributed by atoms with Crippen LogP contribution in [0.3, 0.4) is 0 Å². The van der Waals surface area contributed by atoms with Crippen LogP contribution in [0.4, 0.5) is 19.0 Å². The minimum absolute atomic E-state index is 0.0219. The van der Waals surface area contributed by atoms with Crippen molar-refractivity contribution in [2.24, 2.45) is 0 Å². The summed E-state index contributed by atoms with van der Waals surface area (Å²) in [4.78, 5) is 17.5. The molecule has 0 unspecified atom stereocenters. The van der Waals surface area contributed by atoms with Crippen molar-refractivity contribution in [2.45, 2.75) is 13.1 Å². The van der Waals surface area contributed by atoms with E-state index in [0.29, 0.717) is 26.3 Å². The fourth-order valence-corrected chi connectivity index (χ4v) is 2.04. The van der Waals surface area contributed by atoms with Gasteiger partial charge in [-0.1, -0.05) is 0 Å². The van der Waals surface area contributed by atoms with Crippen molar-refractivity contribution >= 4 is 11.7 Å². The number of halogens is 3. The lowest BCUT2D eigenvalue weighted by Gasteiger charge is -2.25. The van der Waals surface area contributed by atoms with Crippen LogP contribution in [-0.2, 0) is 15.7 Å². The summed E-state index contributed by atoms with van der Waals surface area (Å²) in [7, 11) is 0. The number of alkyl halides is 3. The molecular formula is C13H16F3N3O2. The molecule has 116 valence electrons. The van der Waals surface area contributed by atoms with Crippen LogP contribution in [0.5, 0.6) is 0 Å². The zero-order valence-corrected chi connectivity index (χ0v) is 11.5. The van der Waals surface area contributed by atoms with Crippen LogP contribution >= 0.6 is 0 Å². The number of pyridine rings is 1. The molecule has 5 nitrogen and oxygen atoms in total. The molecular weight excluding hydrogens is 287 g/mol. The number of hydrogen-bond acceptors (Lipinski definition) is 4. The number of nitrogens with zero attached hydrogens (tertiary/aromatic N) is 2. The topological polar surface area (TPSA) is 54.5 Å². The Balaban J connectivity index is 2.00. The van der Waals surface area contributed by atoms with E-state index in [-0.39, 0.29) is 23.8 Å². The van der Waals surface area contributed by atoms with Gasteiger partial charge in [-0.25, -0.2) is 4.98 Å². The number of nitrogens with one attached hydrogen (secondary N) is 1. The lowest BCUT2D eigenvalue weighted by atomic mass is 10.1. The van der Waals surface area contributed by atoms with Crippen LogP contribution in [0.1, 0.15) is 11.1 Å². The predicted molar refractivity (Wildman–Crippen MR) is 69.9 cm³/mol. The average Bonchev–Trinajstić information content (AvgIpc) is 2.41. The second-order valence-electron chi connectivity index (χ2n) is 4.82. The number of carbonyl (C=O) groups is 1. The van der Waals surface area contributed by atoms with Gasteiger partial charge in [-0.2, -0.15) is 13.2 Å². The van der Waals surface area contributed by atoms with Crippen LogP contribution in [0.2, 0.25) is 0 Å². The summed E-state index contributed by atoms with van der Waals surface area (Å²) in [6.45, 7) is 3.79. The number of carbonyl (C=O) groups excluding carboxylic acids is 1. The SMILES string of the molecule is Cc1cnc(NC(=O)CN2CCOCC2)cc1C(F)(F)F. The largest absolute Gasteiger partial charge is 0.416 e. The first-order chi connectivity index (χ1) is 9.86. The number of hydrogen-bond donors (Lipinski definition) is 1.